The molecule has 2 N–H and O–H groups in total. The lowest BCUT2D eigenvalue weighted by molar-refractivity contribution is -0.122. The second-order valence-electron chi connectivity index (χ2n) is 4.42. The molecule has 2 unspecified atom stereocenters. The SMILES string of the molecule is CCCNC(=O)C(C)NC(C)c1ccccc1F. The van der Waals surface area contributed by atoms with E-state index in [0.717, 1.165) is 6.42 Å². The predicted octanol–water partition coefficient (Wildman–Crippen LogP) is 2.39. The second kappa shape index (κ2) is 7.11. The summed E-state index contributed by atoms with van der Waals surface area (Å²) in [6.07, 6.45) is 0.904. The molecule has 3 nitrogen and oxygen atoms in total. The van der Waals surface area contributed by atoms with E-state index in [2.05, 4.69) is 10.6 Å². The highest BCUT2D eigenvalue weighted by atomic mass is 19.1. The molecular formula is C14H21FN2O. The number of rotatable bonds is 6. The zero-order valence-electron chi connectivity index (χ0n) is 11.2. The fourth-order valence-corrected chi connectivity index (χ4v) is 1.77. The maximum Gasteiger partial charge on any atom is 0.236 e. The second-order valence-corrected chi connectivity index (χ2v) is 4.42. The topological polar surface area (TPSA) is 41.1 Å². The van der Waals surface area contributed by atoms with Crippen molar-refractivity contribution in [3.63, 3.8) is 0 Å². The molecule has 0 fully saturated rings. The third-order valence-corrected chi connectivity index (χ3v) is 2.81. The predicted molar refractivity (Wildman–Crippen MR) is 70.7 cm³/mol. The molecule has 0 aromatic heterocycles. The summed E-state index contributed by atoms with van der Waals surface area (Å²) in [5.41, 5.74) is 0.577. The number of benzene rings is 1. The Kier molecular flexibility index (Phi) is 5.78. The van der Waals surface area contributed by atoms with Crippen molar-refractivity contribution in [1.82, 2.24) is 10.6 Å². The standard InChI is InChI=1S/C14H21FN2O/c1-4-9-16-14(18)11(3)17-10(2)12-7-5-6-8-13(12)15/h5-8,10-11,17H,4,9H2,1-3H3,(H,16,18). The van der Waals surface area contributed by atoms with Crippen LogP contribution in [0.1, 0.15) is 38.8 Å². The molecule has 0 saturated carbocycles. The van der Waals surface area contributed by atoms with Crippen molar-refractivity contribution in [2.24, 2.45) is 0 Å². The molecule has 18 heavy (non-hydrogen) atoms. The van der Waals surface area contributed by atoms with Crippen LogP contribution in [-0.4, -0.2) is 18.5 Å². The number of carbonyl (C=O) groups excluding carboxylic acids is 1. The lowest BCUT2D eigenvalue weighted by Crippen LogP contribution is -2.43. The van der Waals surface area contributed by atoms with Gasteiger partial charge in [-0.3, -0.25) is 10.1 Å². The summed E-state index contributed by atoms with van der Waals surface area (Å²) in [6.45, 7) is 6.30. The van der Waals surface area contributed by atoms with Crippen molar-refractivity contribution in [3.05, 3.63) is 35.6 Å². The van der Waals surface area contributed by atoms with Crippen LogP contribution in [0.4, 0.5) is 4.39 Å². The van der Waals surface area contributed by atoms with Gasteiger partial charge in [0, 0.05) is 18.2 Å². The third kappa shape index (κ3) is 4.11. The number of hydrogen-bond donors (Lipinski definition) is 2. The first kappa shape index (κ1) is 14.6. The Morgan fingerprint density at radius 2 is 2.00 bits per heavy atom. The molecule has 0 saturated heterocycles. The summed E-state index contributed by atoms with van der Waals surface area (Å²) < 4.78 is 13.6. The quantitative estimate of drug-likeness (QED) is 0.816. The Morgan fingerprint density at radius 1 is 1.33 bits per heavy atom. The van der Waals surface area contributed by atoms with Gasteiger partial charge in [-0.15, -0.1) is 0 Å². The van der Waals surface area contributed by atoms with Gasteiger partial charge >= 0.3 is 0 Å². The van der Waals surface area contributed by atoms with Crippen LogP contribution in [-0.2, 0) is 4.79 Å². The molecule has 100 valence electrons. The summed E-state index contributed by atoms with van der Waals surface area (Å²) >= 11 is 0. The van der Waals surface area contributed by atoms with Crippen molar-refractivity contribution in [2.75, 3.05) is 6.54 Å². The molecule has 0 spiro atoms. The van der Waals surface area contributed by atoms with E-state index in [-0.39, 0.29) is 23.8 Å². The molecular weight excluding hydrogens is 231 g/mol. The van der Waals surface area contributed by atoms with Crippen molar-refractivity contribution >= 4 is 5.91 Å². The Labute approximate surface area is 108 Å². The Bertz CT molecular complexity index is 395. The van der Waals surface area contributed by atoms with Gasteiger partial charge in [0.05, 0.1) is 6.04 Å². The normalized spacial score (nSPS) is 14.0. The molecule has 0 bridgehead atoms. The summed E-state index contributed by atoms with van der Waals surface area (Å²) in [7, 11) is 0. The monoisotopic (exact) mass is 252 g/mol. The van der Waals surface area contributed by atoms with E-state index in [1.807, 2.05) is 13.8 Å². The Morgan fingerprint density at radius 3 is 2.61 bits per heavy atom. The van der Waals surface area contributed by atoms with Crippen LogP contribution in [0.25, 0.3) is 0 Å². The molecule has 2 atom stereocenters. The summed E-state index contributed by atoms with van der Waals surface area (Å²) in [5, 5.41) is 5.90. The van der Waals surface area contributed by atoms with Crippen LogP contribution < -0.4 is 10.6 Å². The number of amides is 1. The minimum absolute atomic E-state index is 0.0555. The van der Waals surface area contributed by atoms with E-state index in [4.69, 9.17) is 0 Å². The number of halogens is 1. The maximum absolute atomic E-state index is 13.6. The van der Waals surface area contributed by atoms with Crippen molar-refractivity contribution < 1.29 is 9.18 Å². The molecule has 4 heteroatoms. The van der Waals surface area contributed by atoms with Crippen molar-refractivity contribution in [3.8, 4) is 0 Å². The zero-order chi connectivity index (χ0) is 13.5. The van der Waals surface area contributed by atoms with E-state index in [1.165, 1.54) is 6.07 Å². The first-order chi connectivity index (χ1) is 8.56. The van der Waals surface area contributed by atoms with Crippen LogP contribution >= 0.6 is 0 Å². The van der Waals surface area contributed by atoms with E-state index in [1.54, 1.807) is 25.1 Å². The molecule has 0 aliphatic rings. The summed E-state index contributed by atoms with van der Waals surface area (Å²) in [6, 6.07) is 6.06. The first-order valence-electron chi connectivity index (χ1n) is 6.34. The van der Waals surface area contributed by atoms with Gasteiger partial charge in [0.2, 0.25) is 5.91 Å². The van der Waals surface area contributed by atoms with E-state index < -0.39 is 0 Å². The Hall–Kier alpha value is -1.42. The molecule has 0 aliphatic heterocycles. The van der Waals surface area contributed by atoms with Crippen LogP contribution in [0.15, 0.2) is 24.3 Å². The molecule has 1 amide bonds. The highest BCUT2D eigenvalue weighted by Crippen LogP contribution is 2.16. The minimum Gasteiger partial charge on any atom is -0.355 e. The number of hydrogen-bond acceptors (Lipinski definition) is 2. The van der Waals surface area contributed by atoms with Crippen molar-refractivity contribution in [2.45, 2.75) is 39.3 Å². The largest absolute Gasteiger partial charge is 0.355 e. The lowest BCUT2D eigenvalue weighted by atomic mass is 10.1. The van der Waals surface area contributed by atoms with Crippen LogP contribution in [0.2, 0.25) is 0 Å². The van der Waals surface area contributed by atoms with Gasteiger partial charge in [-0.05, 0) is 26.3 Å². The molecule has 0 radical (unpaired) electrons. The Balaban J connectivity index is 2.57. The third-order valence-electron chi connectivity index (χ3n) is 2.81. The van der Waals surface area contributed by atoms with E-state index in [9.17, 15) is 9.18 Å². The van der Waals surface area contributed by atoms with Crippen LogP contribution in [0.5, 0.6) is 0 Å². The highest BCUT2D eigenvalue weighted by Gasteiger charge is 2.17. The zero-order valence-corrected chi connectivity index (χ0v) is 11.2. The van der Waals surface area contributed by atoms with Crippen LogP contribution in [0.3, 0.4) is 0 Å². The summed E-state index contributed by atoms with van der Waals surface area (Å²) in [5.74, 6) is -0.307. The number of nitrogens with one attached hydrogen (secondary N) is 2. The maximum atomic E-state index is 13.6. The molecule has 1 aromatic rings. The van der Waals surface area contributed by atoms with Crippen molar-refractivity contribution in [1.29, 1.82) is 0 Å². The van der Waals surface area contributed by atoms with E-state index >= 15 is 0 Å². The molecule has 0 heterocycles. The lowest BCUT2D eigenvalue weighted by Gasteiger charge is -2.20. The first-order valence-corrected chi connectivity index (χ1v) is 6.34. The van der Waals surface area contributed by atoms with Gasteiger partial charge in [0.1, 0.15) is 5.82 Å². The fourth-order valence-electron chi connectivity index (χ4n) is 1.77. The van der Waals surface area contributed by atoms with Gasteiger partial charge < -0.3 is 5.32 Å². The average molecular weight is 252 g/mol. The van der Waals surface area contributed by atoms with Gasteiger partial charge in [-0.2, -0.15) is 0 Å². The fraction of sp³-hybridized carbons (Fsp3) is 0.500. The van der Waals surface area contributed by atoms with Gasteiger partial charge in [-0.25, -0.2) is 4.39 Å². The van der Waals surface area contributed by atoms with Gasteiger partial charge in [-0.1, -0.05) is 25.1 Å². The summed E-state index contributed by atoms with van der Waals surface area (Å²) in [4.78, 5) is 11.7. The average Bonchev–Trinajstić information content (AvgIpc) is 2.36. The molecule has 0 aliphatic carbocycles. The van der Waals surface area contributed by atoms with Crippen LogP contribution in [0, 0.1) is 5.82 Å². The van der Waals surface area contributed by atoms with Gasteiger partial charge in [0.15, 0.2) is 0 Å². The molecule has 1 rings (SSSR count). The molecule has 1 aromatic carbocycles. The number of carbonyl (C=O) groups is 1. The minimum atomic E-state index is -0.342. The van der Waals surface area contributed by atoms with Gasteiger partial charge in [0.25, 0.3) is 0 Å². The smallest absolute Gasteiger partial charge is 0.236 e. The van der Waals surface area contributed by atoms with E-state index in [0.29, 0.717) is 12.1 Å². The highest BCUT2D eigenvalue weighted by molar-refractivity contribution is 5.81.